The predicted molar refractivity (Wildman–Crippen MR) is 445 cm³/mol. The van der Waals surface area contributed by atoms with Gasteiger partial charge in [0.2, 0.25) is 0 Å². The molecule has 0 N–H and O–H groups in total. The average Bonchev–Trinajstić information content (AvgIpc) is 1.50. The molecule has 0 fully saturated rings. The Balaban J connectivity index is 0.00000257. The second-order valence-corrected chi connectivity index (χ2v) is 32.7. The first-order chi connectivity index (χ1) is 48.7. The summed E-state index contributed by atoms with van der Waals surface area (Å²) in [4.78, 5) is 12.3. The Kier molecular flexibility index (Phi) is 23.0. The van der Waals surface area contributed by atoms with Crippen molar-refractivity contribution in [3.05, 3.63) is 234 Å². The molecule has 0 radical (unpaired) electrons. The molecule has 3 nitrogen and oxygen atoms in total. The molecule has 0 amide bonds. The van der Waals surface area contributed by atoms with Gasteiger partial charge in [-0.3, -0.25) is 0 Å². The molecule has 1 atom stereocenters. The van der Waals surface area contributed by atoms with Crippen molar-refractivity contribution in [2.75, 3.05) is 0 Å². The number of aryl methyl sites for hydroxylation is 6. The Morgan fingerprint density at radius 3 is 1.26 bits per heavy atom. The fourth-order valence-corrected chi connectivity index (χ4v) is 20.3. The molecule has 11 aromatic rings. The van der Waals surface area contributed by atoms with Crippen LogP contribution in [0.15, 0.2) is 158 Å². The van der Waals surface area contributed by atoms with Crippen LogP contribution in [0.25, 0.3) is 62.6 Å². The maximum Gasteiger partial charge on any atom is 0.122 e. The molecule has 5 heterocycles. The molecular weight excluding hydrogens is 1280 g/mol. The molecule has 0 saturated heterocycles. The van der Waals surface area contributed by atoms with Gasteiger partial charge >= 0.3 is 0 Å². The molecule has 0 spiro atoms. The molecule has 6 aromatic carbocycles. The van der Waals surface area contributed by atoms with E-state index in [1.54, 1.807) is 0 Å². The number of benzene rings is 6. The van der Waals surface area contributed by atoms with Crippen LogP contribution in [0, 0.1) is 49.9 Å². The van der Waals surface area contributed by atoms with Gasteiger partial charge < -0.3 is 0 Å². The molecule has 5 aromatic heterocycles. The summed E-state index contributed by atoms with van der Waals surface area (Å²) in [5.41, 5.74) is 21.5. The van der Waals surface area contributed by atoms with E-state index in [0.29, 0.717) is 0 Å². The zero-order valence-corrected chi connectivity index (χ0v) is 62.7. The third-order valence-corrected chi connectivity index (χ3v) is 25.7. The summed E-state index contributed by atoms with van der Waals surface area (Å²) >= 11 is 7.66. The summed E-state index contributed by atoms with van der Waals surface area (Å²) in [6.07, 6.45) is 36.7. The molecule has 0 saturated carbocycles. The van der Waals surface area contributed by atoms with Gasteiger partial charge in [-0.15, -0.1) is 51.8 Å². The number of hydrogen-bond donors (Lipinski definition) is 0. The van der Waals surface area contributed by atoms with Crippen LogP contribution < -0.4 is 0 Å². The normalized spacial score (nSPS) is 13.9. The number of terminal acetylenes is 1. The second kappa shape index (κ2) is 32.7. The Morgan fingerprint density at radius 1 is 0.364 bits per heavy atom. The molecular formula is C92H113N3S4. The predicted octanol–water partition coefficient (Wildman–Crippen LogP) is 28.3. The first-order valence-corrected chi connectivity index (χ1v) is 40.8. The van der Waals surface area contributed by atoms with Crippen molar-refractivity contribution >= 4 is 56.4 Å². The highest BCUT2D eigenvalue weighted by Gasteiger charge is 2.53. The standard InChI is InChI=1S/C92H97N3S4.8H2/c1-8-13-18-23-26-30-35-68-41-49-72(50-42-68)91(71-47-39-67(40-48-71)34-29-21-16-11-4)79-63-78-80(62-77(79)89-81(91)61-66(7)97-89)92(73-51-43-69(44-52-73)36-31-27-24-19-14-9-2,74-53-45-70(46-54-74)37-32-28-25-20-15-10-3)82-64-86(99-90(78)82)85-59-58-84(98-85)76-56-55-75(83-57-38-65(6)96-83)87-88(76)94-95(93-87)60-33-22-17-12-5;;;;;;;;/h4,38-59,61-64H,8-10,12-15,17-20,22-28,30-33,35-37,60H2,1-3,5-7H3;8*1H. The molecule has 520 valence electrons. The summed E-state index contributed by atoms with van der Waals surface area (Å²) in [7, 11) is 0. The zero-order valence-electron chi connectivity index (χ0n) is 59.4. The number of rotatable bonds is 33. The van der Waals surface area contributed by atoms with Crippen LogP contribution in [0.1, 0.15) is 257 Å². The van der Waals surface area contributed by atoms with Crippen molar-refractivity contribution in [1.29, 1.82) is 0 Å². The number of thiophene rings is 4. The first-order valence-electron chi connectivity index (χ1n) is 37.6. The molecule has 13 rings (SSSR count). The highest BCUT2D eigenvalue weighted by Crippen LogP contribution is 2.66. The van der Waals surface area contributed by atoms with E-state index in [4.69, 9.17) is 16.6 Å². The summed E-state index contributed by atoms with van der Waals surface area (Å²) in [5, 5.41) is 10.6. The van der Waals surface area contributed by atoms with Crippen molar-refractivity contribution in [3.63, 3.8) is 0 Å². The summed E-state index contributed by atoms with van der Waals surface area (Å²) < 4.78 is 0. The molecule has 1 unspecified atom stereocenters. The van der Waals surface area contributed by atoms with Crippen LogP contribution in [-0.2, 0) is 36.6 Å². The Morgan fingerprint density at radius 2 is 0.788 bits per heavy atom. The van der Waals surface area contributed by atoms with Gasteiger partial charge in [-0.05, 0) is 215 Å². The lowest BCUT2D eigenvalue weighted by Gasteiger charge is -2.35. The highest BCUT2D eigenvalue weighted by atomic mass is 32.1. The summed E-state index contributed by atoms with van der Waals surface area (Å²) in [5.74, 6) is 14.2. The maximum atomic E-state index is 5.51. The Bertz CT molecular complexity index is 4700. The number of unbranched alkanes of at least 4 members (excludes halogenated alkanes) is 18. The van der Waals surface area contributed by atoms with Gasteiger partial charge in [-0.25, -0.2) is 0 Å². The minimum Gasteiger partial charge on any atom is -0.184 e. The average molecular weight is 1390 g/mol. The minimum absolute atomic E-state index is 0. The molecule has 2 aliphatic rings. The molecule has 7 heteroatoms. The van der Waals surface area contributed by atoms with E-state index in [-0.39, 0.29) is 11.4 Å². The van der Waals surface area contributed by atoms with E-state index in [9.17, 15) is 0 Å². The maximum absolute atomic E-state index is 5.51. The lowest BCUT2D eigenvalue weighted by molar-refractivity contribution is 0.495. The van der Waals surface area contributed by atoms with E-state index >= 15 is 0 Å². The van der Waals surface area contributed by atoms with Gasteiger partial charge in [0, 0.05) is 67.1 Å². The molecule has 0 bridgehead atoms. The SMILES string of the molecule is C#CC#CC#Cc1ccc(C2(c3ccc(CCCCCCCC)cc3)c3cc4c(cc3-c3sc(C)cc32)C(c2ccc(CCCCCCCC)cc2)(c2ccc(CCCCCCCC)cc2)c2cc(-c3ccc(-c5ccc(-c6ccc(C)s6)c6nn(CCCCCC)nc56)s3)sc2-4)cc1.[HH].[HH].[HH].[HH].[HH].[HH].[HH].[HH]. The van der Waals surface area contributed by atoms with Gasteiger partial charge in [0.15, 0.2) is 0 Å². The van der Waals surface area contributed by atoms with E-state index in [1.165, 1.54) is 246 Å². The summed E-state index contributed by atoms with van der Waals surface area (Å²) in [6, 6.07) is 63.2. The zero-order chi connectivity index (χ0) is 68.1. The highest BCUT2D eigenvalue weighted by molar-refractivity contribution is 7.25. The van der Waals surface area contributed by atoms with Gasteiger partial charge in [0.05, 0.1) is 17.4 Å². The monoisotopic (exact) mass is 1390 g/mol. The topological polar surface area (TPSA) is 30.7 Å². The van der Waals surface area contributed by atoms with Gasteiger partial charge in [0.1, 0.15) is 11.0 Å². The Labute approximate surface area is 619 Å². The second-order valence-electron chi connectivity index (χ2n) is 28.1. The quantitative estimate of drug-likeness (QED) is 0.0303. The van der Waals surface area contributed by atoms with Gasteiger partial charge in [-0.2, -0.15) is 15.0 Å². The van der Waals surface area contributed by atoms with Gasteiger partial charge in [0.25, 0.3) is 0 Å². The summed E-state index contributed by atoms with van der Waals surface area (Å²) in [6.45, 7) is 14.5. The largest absolute Gasteiger partial charge is 0.184 e. The van der Waals surface area contributed by atoms with Crippen LogP contribution >= 0.6 is 45.3 Å². The number of aromatic nitrogens is 3. The van der Waals surface area contributed by atoms with Crippen molar-refractivity contribution in [3.8, 4) is 87.5 Å². The Hall–Kier alpha value is -7.80. The number of nitrogens with zero attached hydrogens (tertiary/aromatic N) is 3. The number of hydrogen-bond acceptors (Lipinski definition) is 6. The van der Waals surface area contributed by atoms with Crippen molar-refractivity contribution in [1.82, 2.24) is 15.0 Å². The van der Waals surface area contributed by atoms with Crippen LogP contribution in [0.2, 0.25) is 0 Å². The van der Waals surface area contributed by atoms with Crippen molar-refractivity contribution in [2.24, 2.45) is 0 Å². The smallest absolute Gasteiger partial charge is 0.122 e. The van der Waals surface area contributed by atoms with E-state index in [0.717, 1.165) is 60.0 Å². The van der Waals surface area contributed by atoms with E-state index in [1.807, 2.05) is 50.1 Å². The molecule has 0 aliphatic heterocycles. The lowest BCUT2D eigenvalue weighted by atomic mass is 9.65. The van der Waals surface area contributed by atoms with E-state index in [2.05, 4.69) is 229 Å². The minimum atomic E-state index is -0.623. The van der Waals surface area contributed by atoms with Crippen LogP contribution in [0.3, 0.4) is 0 Å². The van der Waals surface area contributed by atoms with E-state index < -0.39 is 10.8 Å². The fraction of sp³-hybridized carbons (Fsp3) is 0.370. The molecule has 99 heavy (non-hydrogen) atoms. The fourth-order valence-electron chi connectivity index (χ4n) is 15.9. The van der Waals surface area contributed by atoms with Crippen LogP contribution in [0.5, 0.6) is 0 Å². The lowest BCUT2D eigenvalue weighted by Crippen LogP contribution is -2.30. The van der Waals surface area contributed by atoms with Crippen molar-refractivity contribution in [2.45, 2.75) is 219 Å². The third-order valence-electron chi connectivity index (χ3n) is 21.1. The number of fused-ring (bicyclic) bond motifs is 7. The van der Waals surface area contributed by atoms with Crippen LogP contribution in [0.4, 0.5) is 0 Å². The van der Waals surface area contributed by atoms with Crippen LogP contribution in [-0.4, -0.2) is 15.0 Å². The third kappa shape index (κ3) is 14.6. The van der Waals surface area contributed by atoms with Gasteiger partial charge in [-0.1, -0.05) is 246 Å². The van der Waals surface area contributed by atoms with Crippen molar-refractivity contribution < 1.29 is 11.4 Å². The first kappa shape index (κ1) is 69.7. The molecule has 2 aliphatic carbocycles.